The van der Waals surface area contributed by atoms with Gasteiger partial charge in [-0.2, -0.15) is 0 Å². The Morgan fingerprint density at radius 3 is 2.34 bits per heavy atom. The predicted octanol–water partition coefficient (Wildman–Crippen LogP) is 3.83. The molecule has 0 bridgehead atoms. The summed E-state index contributed by atoms with van der Waals surface area (Å²) in [5.74, 6) is -0.120. The van der Waals surface area contributed by atoms with Gasteiger partial charge in [0.15, 0.2) is 0 Å². The van der Waals surface area contributed by atoms with Crippen LogP contribution >= 0.6 is 0 Å². The summed E-state index contributed by atoms with van der Waals surface area (Å²) < 4.78 is 15.0. The van der Waals surface area contributed by atoms with Crippen LogP contribution in [0, 0.1) is 0 Å². The van der Waals surface area contributed by atoms with Crippen molar-refractivity contribution in [2.75, 3.05) is 25.1 Å². The summed E-state index contributed by atoms with van der Waals surface area (Å²) in [7, 11) is 0. The monoisotopic (exact) mass is 438 g/mol. The number of anilines is 1. The highest BCUT2D eigenvalue weighted by molar-refractivity contribution is 6.04. The Labute approximate surface area is 186 Å². The molecule has 0 aliphatic carbocycles. The van der Waals surface area contributed by atoms with E-state index < -0.39 is 6.16 Å². The van der Waals surface area contributed by atoms with Gasteiger partial charge in [0, 0.05) is 23.9 Å². The second-order valence-electron chi connectivity index (χ2n) is 7.09. The standard InChI is InChI=1S/C24H26N2O6/c1-2-31-24(29)32-21-9-5-19(6-10-21)23(28)26-20-7-3-18(4-8-20)16-25-22(27)15-17-11-13-30-14-12-17/h3-10,15H,2,11-14,16H2,1H3,(H,25,27)(H,26,28). The first-order valence-corrected chi connectivity index (χ1v) is 10.4. The molecule has 0 spiro atoms. The second kappa shape index (κ2) is 11.7. The van der Waals surface area contributed by atoms with E-state index in [0.29, 0.717) is 36.8 Å². The largest absolute Gasteiger partial charge is 0.513 e. The van der Waals surface area contributed by atoms with E-state index in [0.717, 1.165) is 24.0 Å². The van der Waals surface area contributed by atoms with Crippen molar-refractivity contribution in [3.63, 3.8) is 0 Å². The first kappa shape index (κ1) is 23.0. The van der Waals surface area contributed by atoms with Crippen molar-refractivity contribution in [3.05, 3.63) is 71.3 Å². The molecule has 1 saturated heterocycles. The van der Waals surface area contributed by atoms with E-state index in [4.69, 9.17) is 14.2 Å². The maximum absolute atomic E-state index is 12.4. The summed E-state index contributed by atoms with van der Waals surface area (Å²) in [6.07, 6.45) is 2.45. The van der Waals surface area contributed by atoms with Crippen molar-refractivity contribution < 1.29 is 28.6 Å². The molecule has 2 aromatic rings. The number of carbonyl (C=O) groups excluding carboxylic acids is 3. The van der Waals surface area contributed by atoms with Gasteiger partial charge in [0.2, 0.25) is 5.91 Å². The molecule has 0 atom stereocenters. The van der Waals surface area contributed by atoms with E-state index in [1.54, 1.807) is 37.3 Å². The minimum absolute atomic E-state index is 0.116. The molecule has 0 radical (unpaired) electrons. The lowest BCUT2D eigenvalue weighted by molar-refractivity contribution is -0.116. The van der Waals surface area contributed by atoms with Crippen LogP contribution in [0.5, 0.6) is 5.75 Å². The van der Waals surface area contributed by atoms with Gasteiger partial charge in [0.05, 0.1) is 19.8 Å². The Morgan fingerprint density at radius 1 is 1.00 bits per heavy atom. The van der Waals surface area contributed by atoms with Gasteiger partial charge in [0.25, 0.3) is 5.91 Å². The molecule has 0 aromatic heterocycles. The van der Waals surface area contributed by atoms with Crippen LogP contribution in [0.4, 0.5) is 10.5 Å². The van der Waals surface area contributed by atoms with Gasteiger partial charge in [-0.15, -0.1) is 0 Å². The average molecular weight is 438 g/mol. The van der Waals surface area contributed by atoms with Gasteiger partial charge in [-0.25, -0.2) is 4.79 Å². The molecule has 2 aromatic carbocycles. The van der Waals surface area contributed by atoms with E-state index in [1.807, 2.05) is 12.1 Å². The van der Waals surface area contributed by atoms with E-state index >= 15 is 0 Å². The van der Waals surface area contributed by atoms with Crippen LogP contribution in [0.2, 0.25) is 0 Å². The molecule has 1 aliphatic rings. The normalized spacial score (nSPS) is 13.1. The molecule has 2 N–H and O–H groups in total. The molecule has 1 aliphatic heterocycles. The third kappa shape index (κ3) is 7.24. The van der Waals surface area contributed by atoms with Crippen LogP contribution in [0.25, 0.3) is 0 Å². The SMILES string of the molecule is CCOC(=O)Oc1ccc(C(=O)Nc2ccc(CNC(=O)C=C3CCOCC3)cc2)cc1. The van der Waals surface area contributed by atoms with Crippen LogP contribution in [0.3, 0.4) is 0 Å². The Kier molecular flexibility index (Phi) is 8.39. The van der Waals surface area contributed by atoms with Crippen molar-refractivity contribution in [2.45, 2.75) is 26.3 Å². The van der Waals surface area contributed by atoms with Crippen LogP contribution in [0.1, 0.15) is 35.7 Å². The molecule has 8 nitrogen and oxygen atoms in total. The number of carbonyl (C=O) groups is 3. The summed E-state index contributed by atoms with van der Waals surface area (Å²) in [4.78, 5) is 35.8. The smallest absolute Gasteiger partial charge is 0.434 e. The quantitative estimate of drug-likeness (QED) is 0.387. The van der Waals surface area contributed by atoms with Crippen LogP contribution in [-0.4, -0.2) is 37.8 Å². The maximum atomic E-state index is 12.4. The first-order valence-electron chi connectivity index (χ1n) is 10.4. The maximum Gasteiger partial charge on any atom is 0.513 e. The second-order valence-corrected chi connectivity index (χ2v) is 7.09. The summed E-state index contributed by atoms with van der Waals surface area (Å²) in [5.41, 5.74) is 3.06. The molecule has 1 heterocycles. The van der Waals surface area contributed by atoms with E-state index in [1.165, 1.54) is 12.1 Å². The van der Waals surface area contributed by atoms with Crippen molar-refractivity contribution in [3.8, 4) is 5.75 Å². The minimum Gasteiger partial charge on any atom is -0.434 e. The number of nitrogens with one attached hydrogen (secondary N) is 2. The van der Waals surface area contributed by atoms with Gasteiger partial charge in [-0.1, -0.05) is 17.7 Å². The molecule has 168 valence electrons. The summed E-state index contributed by atoms with van der Waals surface area (Å²) in [6, 6.07) is 13.4. The topological polar surface area (TPSA) is 103 Å². The third-order valence-electron chi connectivity index (χ3n) is 4.73. The van der Waals surface area contributed by atoms with Crippen molar-refractivity contribution in [1.29, 1.82) is 0 Å². The van der Waals surface area contributed by atoms with Crippen LogP contribution < -0.4 is 15.4 Å². The molecule has 0 unspecified atom stereocenters. The number of benzene rings is 2. The molecule has 0 saturated carbocycles. The van der Waals surface area contributed by atoms with Crippen LogP contribution in [0.15, 0.2) is 60.2 Å². The number of hydrogen-bond donors (Lipinski definition) is 2. The summed E-state index contributed by atoms with van der Waals surface area (Å²) >= 11 is 0. The fraction of sp³-hybridized carbons (Fsp3) is 0.292. The lowest BCUT2D eigenvalue weighted by Crippen LogP contribution is -2.21. The zero-order valence-electron chi connectivity index (χ0n) is 17.9. The van der Waals surface area contributed by atoms with Gasteiger partial charge >= 0.3 is 6.16 Å². The average Bonchev–Trinajstić information content (AvgIpc) is 2.80. The van der Waals surface area contributed by atoms with Gasteiger partial charge < -0.3 is 24.8 Å². The molecular formula is C24H26N2O6. The molecule has 3 rings (SSSR count). The zero-order valence-corrected chi connectivity index (χ0v) is 17.9. The Hall–Kier alpha value is -3.65. The predicted molar refractivity (Wildman–Crippen MR) is 118 cm³/mol. The highest BCUT2D eigenvalue weighted by atomic mass is 16.7. The lowest BCUT2D eigenvalue weighted by Gasteiger charge is -2.14. The van der Waals surface area contributed by atoms with E-state index in [-0.39, 0.29) is 18.4 Å². The van der Waals surface area contributed by atoms with E-state index in [9.17, 15) is 14.4 Å². The van der Waals surface area contributed by atoms with Crippen molar-refractivity contribution in [1.82, 2.24) is 5.32 Å². The molecular weight excluding hydrogens is 412 g/mol. The molecule has 32 heavy (non-hydrogen) atoms. The molecule has 1 fully saturated rings. The fourth-order valence-electron chi connectivity index (χ4n) is 3.03. The van der Waals surface area contributed by atoms with E-state index in [2.05, 4.69) is 10.6 Å². The molecule has 8 heteroatoms. The van der Waals surface area contributed by atoms with Crippen molar-refractivity contribution >= 4 is 23.7 Å². The Morgan fingerprint density at radius 2 is 1.69 bits per heavy atom. The highest BCUT2D eigenvalue weighted by Gasteiger charge is 2.10. The Balaban J connectivity index is 1.47. The number of rotatable bonds is 7. The number of hydrogen-bond acceptors (Lipinski definition) is 6. The number of ether oxygens (including phenoxy) is 3. The zero-order chi connectivity index (χ0) is 22.8. The third-order valence-corrected chi connectivity index (χ3v) is 4.73. The lowest BCUT2D eigenvalue weighted by atomic mass is 10.1. The van der Waals surface area contributed by atoms with Crippen molar-refractivity contribution in [2.24, 2.45) is 0 Å². The van der Waals surface area contributed by atoms with Gasteiger partial charge in [-0.05, 0) is 61.7 Å². The van der Waals surface area contributed by atoms with Gasteiger partial charge in [-0.3, -0.25) is 9.59 Å². The summed E-state index contributed by atoms with van der Waals surface area (Å²) in [5, 5.41) is 5.68. The minimum atomic E-state index is -0.791. The summed E-state index contributed by atoms with van der Waals surface area (Å²) in [6.45, 7) is 3.63. The van der Waals surface area contributed by atoms with Crippen LogP contribution in [-0.2, 0) is 20.8 Å². The fourth-order valence-corrected chi connectivity index (χ4v) is 3.03. The number of amides is 2. The Bertz CT molecular complexity index is 959. The molecule has 2 amide bonds. The first-order chi connectivity index (χ1) is 15.5. The highest BCUT2D eigenvalue weighted by Crippen LogP contribution is 2.16. The van der Waals surface area contributed by atoms with Gasteiger partial charge in [0.1, 0.15) is 5.75 Å².